The summed E-state index contributed by atoms with van der Waals surface area (Å²) in [5, 5.41) is 10.6. The van der Waals surface area contributed by atoms with E-state index < -0.39 is 40.6 Å². The number of hydrogen-bond donors (Lipinski definition) is 1. The first-order valence-electron chi connectivity index (χ1n) is 12.1. The SMILES string of the molecule is Cn1nc(N2CCC(CNc3cc(C(F)(F)F)nc4cc(C(F)(F)F)nn34)(c3ccc(F)cc3)CC2)ccc1=O. The molecular weight excluding hydrogens is 547 g/mol. The van der Waals surface area contributed by atoms with E-state index in [0.717, 1.165) is 0 Å². The number of piperidine rings is 1. The monoisotopic (exact) mass is 569 g/mol. The van der Waals surface area contributed by atoms with Gasteiger partial charge in [0.15, 0.2) is 17.0 Å². The molecule has 40 heavy (non-hydrogen) atoms. The summed E-state index contributed by atoms with van der Waals surface area (Å²) in [7, 11) is 1.52. The minimum atomic E-state index is -4.91. The summed E-state index contributed by atoms with van der Waals surface area (Å²) in [5.41, 5.74) is -3.68. The molecule has 4 aromatic rings. The maximum atomic E-state index is 13.7. The first-order valence-corrected chi connectivity index (χ1v) is 12.1. The smallest absolute Gasteiger partial charge is 0.369 e. The highest BCUT2D eigenvalue weighted by atomic mass is 19.4. The van der Waals surface area contributed by atoms with Gasteiger partial charge in [0.05, 0.1) is 0 Å². The summed E-state index contributed by atoms with van der Waals surface area (Å²) in [6.45, 7) is 0.873. The lowest BCUT2D eigenvalue weighted by molar-refractivity contribution is -0.142. The lowest BCUT2D eigenvalue weighted by Gasteiger charge is -2.43. The van der Waals surface area contributed by atoms with Crippen LogP contribution in [0.3, 0.4) is 0 Å². The third kappa shape index (κ3) is 5.31. The highest BCUT2D eigenvalue weighted by Gasteiger charge is 2.39. The topological polar surface area (TPSA) is 80.3 Å². The number of nitrogens with one attached hydrogen (secondary N) is 1. The van der Waals surface area contributed by atoms with Crippen LogP contribution in [0.4, 0.5) is 42.4 Å². The molecule has 8 nitrogen and oxygen atoms in total. The first kappa shape index (κ1) is 27.4. The van der Waals surface area contributed by atoms with Gasteiger partial charge in [-0.3, -0.25) is 4.79 Å². The Hall–Kier alpha value is -4.17. The molecule has 1 aliphatic rings. The molecule has 5 rings (SSSR count). The van der Waals surface area contributed by atoms with Crippen LogP contribution in [-0.2, 0) is 24.8 Å². The lowest BCUT2D eigenvalue weighted by Crippen LogP contribution is -2.47. The Morgan fingerprint density at radius 3 is 2.15 bits per heavy atom. The van der Waals surface area contributed by atoms with Crippen molar-refractivity contribution in [1.82, 2.24) is 24.4 Å². The minimum Gasteiger partial charge on any atom is -0.369 e. The van der Waals surface area contributed by atoms with E-state index in [1.807, 2.05) is 4.90 Å². The zero-order chi connectivity index (χ0) is 28.9. The third-order valence-corrected chi connectivity index (χ3v) is 7.06. The maximum Gasteiger partial charge on any atom is 0.435 e. The second-order valence-corrected chi connectivity index (χ2v) is 9.60. The number of halogens is 7. The highest BCUT2D eigenvalue weighted by Crippen LogP contribution is 2.38. The van der Waals surface area contributed by atoms with Gasteiger partial charge in [0.25, 0.3) is 5.56 Å². The van der Waals surface area contributed by atoms with E-state index in [2.05, 4.69) is 20.5 Å². The van der Waals surface area contributed by atoms with Crippen molar-refractivity contribution in [3.63, 3.8) is 0 Å². The van der Waals surface area contributed by atoms with Gasteiger partial charge < -0.3 is 10.2 Å². The largest absolute Gasteiger partial charge is 0.435 e. The first-order chi connectivity index (χ1) is 18.7. The van der Waals surface area contributed by atoms with Crippen LogP contribution in [0.15, 0.2) is 53.3 Å². The van der Waals surface area contributed by atoms with Crippen molar-refractivity contribution < 1.29 is 30.7 Å². The van der Waals surface area contributed by atoms with Crippen molar-refractivity contribution in [3.05, 3.63) is 81.7 Å². The van der Waals surface area contributed by atoms with Gasteiger partial charge in [0.1, 0.15) is 17.5 Å². The molecule has 1 N–H and O–H groups in total. The van der Waals surface area contributed by atoms with Gasteiger partial charge in [-0.25, -0.2) is 14.1 Å². The van der Waals surface area contributed by atoms with Crippen LogP contribution in [-0.4, -0.2) is 44.0 Å². The molecule has 0 bridgehead atoms. The summed E-state index contributed by atoms with van der Waals surface area (Å²) in [5.74, 6) is -0.235. The Labute approximate surface area is 222 Å². The molecule has 15 heteroatoms. The zero-order valence-electron chi connectivity index (χ0n) is 20.9. The molecule has 212 valence electrons. The summed E-state index contributed by atoms with van der Waals surface area (Å²) in [4.78, 5) is 17.0. The van der Waals surface area contributed by atoms with Crippen LogP contribution in [0.2, 0.25) is 0 Å². The molecule has 0 atom stereocenters. The van der Waals surface area contributed by atoms with Crippen LogP contribution >= 0.6 is 0 Å². The van der Waals surface area contributed by atoms with Gasteiger partial charge >= 0.3 is 12.4 Å². The summed E-state index contributed by atoms with van der Waals surface area (Å²) < 4.78 is 96.2. The fourth-order valence-corrected chi connectivity index (χ4v) is 4.84. The number of aryl methyl sites for hydroxylation is 1. The second kappa shape index (κ2) is 9.78. The lowest BCUT2D eigenvalue weighted by atomic mass is 9.72. The Kier molecular flexibility index (Phi) is 6.70. The number of anilines is 2. The summed E-state index contributed by atoms with van der Waals surface area (Å²) in [6.07, 6.45) is -8.93. The predicted molar refractivity (Wildman–Crippen MR) is 130 cm³/mol. The van der Waals surface area contributed by atoms with Crippen LogP contribution < -0.4 is 15.8 Å². The quantitative estimate of drug-likeness (QED) is 0.353. The maximum absolute atomic E-state index is 13.7. The Balaban J connectivity index is 1.49. The van der Waals surface area contributed by atoms with Gasteiger partial charge in [-0.05, 0) is 36.6 Å². The van der Waals surface area contributed by atoms with Crippen molar-refractivity contribution in [2.75, 3.05) is 29.9 Å². The number of aromatic nitrogens is 5. The van der Waals surface area contributed by atoms with Crippen LogP contribution in [0.5, 0.6) is 0 Å². The zero-order valence-corrected chi connectivity index (χ0v) is 20.9. The molecule has 1 aromatic carbocycles. The van der Waals surface area contributed by atoms with E-state index in [4.69, 9.17) is 0 Å². The number of hydrogen-bond acceptors (Lipinski definition) is 6. The molecule has 0 radical (unpaired) electrons. The Morgan fingerprint density at radius 1 is 0.900 bits per heavy atom. The van der Waals surface area contributed by atoms with Gasteiger partial charge in [-0.15, -0.1) is 0 Å². The van der Waals surface area contributed by atoms with Crippen molar-refractivity contribution >= 4 is 17.3 Å². The standard InChI is InChI=1S/C25H22F7N7O/c1-37-22(40)7-6-19(36-37)38-10-8-23(9-11-38,15-2-4-16(26)5-3-15)14-33-20-12-17(24(27,28)29)34-21-13-18(25(30,31)32)35-39(20)21/h2-7,12-13,33H,8-11,14H2,1H3. The Bertz CT molecular complexity index is 1580. The second-order valence-electron chi connectivity index (χ2n) is 9.60. The van der Waals surface area contributed by atoms with E-state index in [-0.39, 0.29) is 17.9 Å². The molecule has 0 spiro atoms. The molecule has 3 aromatic heterocycles. The van der Waals surface area contributed by atoms with Crippen LogP contribution in [0, 0.1) is 5.82 Å². The van der Waals surface area contributed by atoms with E-state index in [0.29, 0.717) is 54.0 Å². The van der Waals surface area contributed by atoms with Crippen molar-refractivity contribution in [1.29, 1.82) is 0 Å². The van der Waals surface area contributed by atoms with Crippen molar-refractivity contribution in [2.24, 2.45) is 7.05 Å². The predicted octanol–water partition coefficient (Wildman–Crippen LogP) is 4.65. The third-order valence-electron chi connectivity index (χ3n) is 7.06. The van der Waals surface area contributed by atoms with Gasteiger partial charge in [0, 0.05) is 50.3 Å². The number of benzene rings is 1. The molecule has 1 aliphatic heterocycles. The molecule has 0 amide bonds. The minimum absolute atomic E-state index is 0.00476. The van der Waals surface area contributed by atoms with Gasteiger partial charge in [0.2, 0.25) is 0 Å². The van der Waals surface area contributed by atoms with Crippen LogP contribution in [0.1, 0.15) is 29.8 Å². The highest BCUT2D eigenvalue weighted by molar-refractivity contribution is 5.52. The Morgan fingerprint density at radius 2 is 1.55 bits per heavy atom. The van der Waals surface area contributed by atoms with Crippen molar-refractivity contribution in [3.8, 4) is 0 Å². The average molecular weight is 569 g/mol. The molecular formula is C25H22F7N7O. The molecule has 0 aliphatic carbocycles. The molecule has 0 unspecified atom stereocenters. The molecule has 1 saturated heterocycles. The summed E-state index contributed by atoms with van der Waals surface area (Å²) in [6, 6.07) is 9.75. The van der Waals surface area contributed by atoms with Crippen LogP contribution in [0.25, 0.3) is 5.65 Å². The van der Waals surface area contributed by atoms with Crippen molar-refractivity contribution in [2.45, 2.75) is 30.6 Å². The van der Waals surface area contributed by atoms with E-state index in [1.54, 1.807) is 18.2 Å². The van der Waals surface area contributed by atoms with E-state index in [9.17, 15) is 35.5 Å². The molecule has 4 heterocycles. The molecule has 1 fully saturated rings. The normalized spacial score (nSPS) is 15.9. The number of rotatable bonds is 5. The summed E-state index contributed by atoms with van der Waals surface area (Å²) >= 11 is 0. The molecule has 0 saturated carbocycles. The van der Waals surface area contributed by atoms with Gasteiger partial charge in [-0.2, -0.15) is 41.1 Å². The average Bonchev–Trinajstić information content (AvgIpc) is 3.35. The number of nitrogens with zero attached hydrogens (tertiary/aromatic N) is 6. The fraction of sp³-hybridized carbons (Fsp3) is 0.360. The van der Waals surface area contributed by atoms with E-state index >= 15 is 0 Å². The van der Waals surface area contributed by atoms with E-state index in [1.165, 1.54) is 29.9 Å². The van der Waals surface area contributed by atoms with Gasteiger partial charge in [-0.1, -0.05) is 12.1 Å². The number of alkyl halides is 6. The fourth-order valence-electron chi connectivity index (χ4n) is 4.84. The number of fused-ring (bicyclic) bond motifs is 1.